The molecule has 0 atom stereocenters. The molecule has 0 spiro atoms. The van der Waals surface area contributed by atoms with Crippen LogP contribution >= 0.6 is 0 Å². The fourth-order valence-electron chi connectivity index (χ4n) is 2.75. The minimum Gasteiger partial charge on any atom is -0.331 e. The van der Waals surface area contributed by atoms with Gasteiger partial charge in [-0.05, 0) is 30.2 Å². The van der Waals surface area contributed by atoms with Crippen LogP contribution in [-0.4, -0.2) is 29.1 Å². The van der Waals surface area contributed by atoms with Gasteiger partial charge in [0.1, 0.15) is 5.52 Å². The Balaban J connectivity index is 1.98. The third-order valence-corrected chi connectivity index (χ3v) is 3.92. The molecule has 0 unspecified atom stereocenters. The fourth-order valence-corrected chi connectivity index (χ4v) is 2.75. The molecule has 114 valence electrons. The Kier molecular flexibility index (Phi) is 2.87. The monoisotopic (exact) mass is 306 g/mol. The number of aromatic nitrogens is 6. The molecule has 0 saturated carbocycles. The van der Waals surface area contributed by atoms with Crippen LogP contribution in [0.4, 0.5) is 0 Å². The molecule has 4 rings (SSSR count). The molecule has 4 aromatic heterocycles. The molecule has 23 heavy (non-hydrogen) atoms. The smallest absolute Gasteiger partial charge is 0.275 e. The maximum atomic E-state index is 12.5. The second-order valence-corrected chi connectivity index (χ2v) is 5.36. The highest BCUT2D eigenvalue weighted by atomic mass is 16.1. The van der Waals surface area contributed by atoms with Crippen LogP contribution in [0.3, 0.4) is 0 Å². The Morgan fingerprint density at radius 2 is 1.96 bits per heavy atom. The number of pyridine rings is 1. The van der Waals surface area contributed by atoms with Gasteiger partial charge >= 0.3 is 0 Å². The molecule has 7 nitrogen and oxygen atoms in total. The van der Waals surface area contributed by atoms with Gasteiger partial charge in [-0.1, -0.05) is 0 Å². The van der Waals surface area contributed by atoms with Crippen molar-refractivity contribution in [2.75, 3.05) is 0 Å². The van der Waals surface area contributed by atoms with Crippen LogP contribution in [0.2, 0.25) is 0 Å². The van der Waals surface area contributed by atoms with E-state index in [9.17, 15) is 4.79 Å². The topological polar surface area (TPSA) is 80.9 Å². The molecule has 0 bridgehead atoms. The number of fused-ring (bicyclic) bond motifs is 1. The van der Waals surface area contributed by atoms with E-state index in [1.54, 1.807) is 23.1 Å². The highest BCUT2D eigenvalue weighted by Crippen LogP contribution is 2.26. The zero-order valence-corrected chi connectivity index (χ0v) is 12.7. The highest BCUT2D eigenvalue weighted by Gasteiger charge is 2.15. The Morgan fingerprint density at radius 1 is 1.17 bits per heavy atom. The van der Waals surface area contributed by atoms with Crippen LogP contribution in [0.15, 0.2) is 47.9 Å². The van der Waals surface area contributed by atoms with Crippen molar-refractivity contribution >= 4 is 5.52 Å². The van der Waals surface area contributed by atoms with Gasteiger partial charge < -0.3 is 9.55 Å². The van der Waals surface area contributed by atoms with Gasteiger partial charge in [0.2, 0.25) is 0 Å². The molecule has 7 heteroatoms. The number of H-pyrrole nitrogens is 1. The number of hydrogen-bond donors (Lipinski definition) is 1. The summed E-state index contributed by atoms with van der Waals surface area (Å²) in [5.41, 5.74) is 3.20. The molecule has 0 aromatic carbocycles. The summed E-state index contributed by atoms with van der Waals surface area (Å²) in [4.78, 5) is 23.6. The highest BCUT2D eigenvalue weighted by molar-refractivity contribution is 5.75. The van der Waals surface area contributed by atoms with Crippen molar-refractivity contribution in [2.24, 2.45) is 7.05 Å². The van der Waals surface area contributed by atoms with Crippen molar-refractivity contribution in [1.82, 2.24) is 29.1 Å². The van der Waals surface area contributed by atoms with Gasteiger partial charge in [0, 0.05) is 43.6 Å². The van der Waals surface area contributed by atoms with E-state index in [0.29, 0.717) is 17.2 Å². The minimum atomic E-state index is -0.184. The number of rotatable bonds is 2. The summed E-state index contributed by atoms with van der Waals surface area (Å²) in [6.07, 6.45) is 8.80. The van der Waals surface area contributed by atoms with Gasteiger partial charge in [-0.2, -0.15) is 0 Å². The predicted molar refractivity (Wildman–Crippen MR) is 86.0 cm³/mol. The van der Waals surface area contributed by atoms with Crippen molar-refractivity contribution in [1.29, 1.82) is 0 Å². The zero-order chi connectivity index (χ0) is 16.0. The van der Waals surface area contributed by atoms with E-state index in [4.69, 9.17) is 0 Å². The lowest BCUT2D eigenvalue weighted by atomic mass is 10.1. The van der Waals surface area contributed by atoms with Crippen molar-refractivity contribution in [3.63, 3.8) is 0 Å². The van der Waals surface area contributed by atoms with E-state index >= 15 is 0 Å². The first-order valence-electron chi connectivity index (χ1n) is 7.15. The third kappa shape index (κ3) is 2.05. The Hall–Kier alpha value is -3.22. The summed E-state index contributed by atoms with van der Waals surface area (Å²) in [6.45, 7) is 1.92. The minimum absolute atomic E-state index is 0.184. The largest absolute Gasteiger partial charge is 0.331 e. The third-order valence-electron chi connectivity index (χ3n) is 3.92. The Labute approximate surface area is 131 Å². The van der Waals surface area contributed by atoms with Crippen LogP contribution in [0.5, 0.6) is 0 Å². The van der Waals surface area contributed by atoms with Gasteiger partial charge in [0.15, 0.2) is 11.6 Å². The average molecular weight is 306 g/mol. The van der Waals surface area contributed by atoms with Crippen LogP contribution in [-0.2, 0) is 7.05 Å². The molecule has 0 saturated heterocycles. The van der Waals surface area contributed by atoms with Crippen LogP contribution in [0, 0.1) is 6.92 Å². The molecular formula is C16H14N6O. The molecule has 0 aliphatic heterocycles. The summed E-state index contributed by atoms with van der Waals surface area (Å²) in [6, 6.07) is 3.82. The summed E-state index contributed by atoms with van der Waals surface area (Å²) in [7, 11) is 1.86. The summed E-state index contributed by atoms with van der Waals surface area (Å²) in [5, 5.41) is 4.51. The average Bonchev–Trinajstić information content (AvgIpc) is 3.12. The molecular weight excluding hydrogens is 292 g/mol. The molecule has 1 N–H and O–H groups in total. The summed E-state index contributed by atoms with van der Waals surface area (Å²) in [5.74, 6) is 1.05. The van der Waals surface area contributed by atoms with Crippen LogP contribution < -0.4 is 5.56 Å². The predicted octanol–water partition coefficient (Wildman–Crippen LogP) is 1.79. The lowest BCUT2D eigenvalue weighted by Crippen LogP contribution is -2.15. The molecule has 0 amide bonds. The van der Waals surface area contributed by atoms with Crippen molar-refractivity contribution in [3.8, 4) is 22.8 Å². The normalized spacial score (nSPS) is 11.2. The zero-order valence-electron chi connectivity index (χ0n) is 12.7. The van der Waals surface area contributed by atoms with Crippen molar-refractivity contribution in [2.45, 2.75) is 6.92 Å². The maximum absolute atomic E-state index is 12.5. The molecule has 0 aliphatic carbocycles. The molecule has 4 heterocycles. The lowest BCUT2D eigenvalue weighted by Gasteiger charge is -2.02. The molecule has 0 radical (unpaired) electrons. The van der Waals surface area contributed by atoms with Crippen LogP contribution in [0.1, 0.15) is 5.56 Å². The molecule has 4 aromatic rings. The van der Waals surface area contributed by atoms with Crippen molar-refractivity contribution in [3.05, 3.63) is 59.0 Å². The first-order chi connectivity index (χ1) is 11.1. The Morgan fingerprint density at radius 3 is 2.65 bits per heavy atom. The fraction of sp³-hybridized carbons (Fsp3) is 0.125. The molecule has 0 fully saturated rings. The number of aryl methyl sites for hydroxylation is 2. The van der Waals surface area contributed by atoms with Gasteiger partial charge in [-0.25, -0.2) is 9.50 Å². The summed E-state index contributed by atoms with van der Waals surface area (Å²) >= 11 is 0. The van der Waals surface area contributed by atoms with Gasteiger partial charge in [0.05, 0.1) is 0 Å². The summed E-state index contributed by atoms with van der Waals surface area (Å²) < 4.78 is 3.43. The Bertz CT molecular complexity index is 1060. The van der Waals surface area contributed by atoms with Gasteiger partial charge in [-0.15, -0.1) is 5.10 Å². The van der Waals surface area contributed by atoms with E-state index in [1.807, 2.05) is 43.1 Å². The van der Waals surface area contributed by atoms with E-state index in [2.05, 4.69) is 20.1 Å². The first kappa shape index (κ1) is 13.4. The van der Waals surface area contributed by atoms with Gasteiger partial charge in [0.25, 0.3) is 5.56 Å². The number of hydrogen-bond acceptors (Lipinski definition) is 4. The number of nitrogens with one attached hydrogen (secondary N) is 1. The second-order valence-electron chi connectivity index (χ2n) is 5.36. The van der Waals surface area contributed by atoms with E-state index in [0.717, 1.165) is 16.7 Å². The van der Waals surface area contributed by atoms with E-state index < -0.39 is 0 Å². The van der Waals surface area contributed by atoms with Crippen molar-refractivity contribution < 1.29 is 0 Å². The second kappa shape index (κ2) is 4.91. The standard InChI is InChI=1S/C16H14N6O/c1-10-12(11-3-5-17-6-4-11)9-22-13(10)16(23)19-14(20-22)15-18-7-8-21(15)2/h3-9H,1-2H3,(H,19,20,23). The van der Waals surface area contributed by atoms with Crippen LogP contribution in [0.25, 0.3) is 28.3 Å². The quantitative estimate of drug-likeness (QED) is 0.612. The first-order valence-corrected chi connectivity index (χ1v) is 7.15. The number of nitrogens with zero attached hydrogens (tertiary/aromatic N) is 5. The van der Waals surface area contributed by atoms with Gasteiger partial charge in [-0.3, -0.25) is 9.78 Å². The SMILES string of the molecule is Cc1c(-c2ccncc2)cn2nc(-c3nccn3C)[nH]c(=O)c12. The van der Waals surface area contributed by atoms with E-state index in [1.165, 1.54) is 0 Å². The maximum Gasteiger partial charge on any atom is 0.275 e. The van der Waals surface area contributed by atoms with E-state index in [-0.39, 0.29) is 5.56 Å². The lowest BCUT2D eigenvalue weighted by molar-refractivity contribution is 0.850. The molecule has 0 aliphatic rings. The number of imidazole rings is 1. The number of aromatic amines is 1.